The van der Waals surface area contributed by atoms with Crippen LogP contribution in [0.1, 0.15) is 71.3 Å². The van der Waals surface area contributed by atoms with E-state index in [9.17, 15) is 0 Å². The van der Waals surface area contributed by atoms with Crippen molar-refractivity contribution in [2.75, 3.05) is 18.5 Å². The van der Waals surface area contributed by atoms with E-state index in [2.05, 4.69) is 36.1 Å². The maximum atomic E-state index is 5.89. The Kier molecular flexibility index (Phi) is 9.58. The summed E-state index contributed by atoms with van der Waals surface area (Å²) in [6.07, 6.45) is 11.3. The highest BCUT2D eigenvalue weighted by atomic mass is 16.5. The van der Waals surface area contributed by atoms with Crippen molar-refractivity contribution in [2.24, 2.45) is 0 Å². The van der Waals surface area contributed by atoms with Crippen molar-refractivity contribution in [2.45, 2.75) is 72.1 Å². The van der Waals surface area contributed by atoms with Gasteiger partial charge in [0.25, 0.3) is 0 Å². The van der Waals surface area contributed by atoms with Gasteiger partial charge in [-0.3, -0.25) is 0 Å². The molecule has 0 spiro atoms. The molecule has 0 aliphatic heterocycles. The smallest absolute Gasteiger partial charge is 0.221 e. The van der Waals surface area contributed by atoms with Crippen LogP contribution in [-0.4, -0.2) is 23.1 Å². The second-order valence-electron chi connectivity index (χ2n) is 5.40. The summed E-state index contributed by atoms with van der Waals surface area (Å²) < 4.78 is 5.89. The third-order valence-corrected chi connectivity index (χ3v) is 3.49. The maximum absolute atomic E-state index is 5.89. The highest BCUT2D eigenvalue weighted by Crippen LogP contribution is 2.23. The molecule has 4 heteroatoms. The molecule has 0 bridgehead atoms. The van der Waals surface area contributed by atoms with Gasteiger partial charge in [0, 0.05) is 6.54 Å². The Morgan fingerprint density at radius 2 is 1.71 bits per heavy atom. The molecule has 120 valence electrons. The van der Waals surface area contributed by atoms with Gasteiger partial charge < -0.3 is 10.1 Å². The molecular weight excluding hydrogens is 262 g/mol. The molecule has 0 atom stereocenters. The van der Waals surface area contributed by atoms with E-state index < -0.39 is 0 Å². The lowest BCUT2D eigenvalue weighted by Gasteiger charge is -2.13. The van der Waals surface area contributed by atoms with Gasteiger partial charge in [0.1, 0.15) is 12.1 Å². The van der Waals surface area contributed by atoms with Crippen LogP contribution in [0, 0.1) is 0 Å². The highest BCUT2D eigenvalue weighted by molar-refractivity contribution is 5.48. The number of nitrogens with one attached hydrogen (secondary N) is 1. The molecule has 1 aromatic rings. The van der Waals surface area contributed by atoms with Crippen LogP contribution in [0.3, 0.4) is 0 Å². The molecule has 0 aliphatic carbocycles. The van der Waals surface area contributed by atoms with Crippen molar-refractivity contribution in [3.63, 3.8) is 0 Å². The van der Waals surface area contributed by atoms with Crippen molar-refractivity contribution >= 4 is 5.82 Å². The molecule has 1 N–H and O–H groups in total. The molecule has 0 radical (unpaired) electrons. The molecule has 1 rings (SSSR count). The molecule has 0 saturated carbocycles. The summed E-state index contributed by atoms with van der Waals surface area (Å²) in [5.74, 6) is 1.68. The summed E-state index contributed by atoms with van der Waals surface area (Å²) in [4.78, 5) is 8.64. The predicted molar refractivity (Wildman–Crippen MR) is 89.1 cm³/mol. The number of ether oxygens (including phenoxy) is 1. The van der Waals surface area contributed by atoms with Gasteiger partial charge in [0.2, 0.25) is 5.88 Å². The summed E-state index contributed by atoms with van der Waals surface area (Å²) in [7, 11) is 0. The van der Waals surface area contributed by atoms with Gasteiger partial charge in [-0.1, -0.05) is 52.4 Å². The maximum Gasteiger partial charge on any atom is 0.221 e. The summed E-state index contributed by atoms with van der Waals surface area (Å²) in [6.45, 7) is 8.11. The molecule has 0 aliphatic rings. The van der Waals surface area contributed by atoms with E-state index in [1.807, 2.05) is 0 Å². The second-order valence-corrected chi connectivity index (χ2v) is 5.40. The molecule has 1 heterocycles. The number of nitrogens with zero attached hydrogens (tertiary/aromatic N) is 2. The van der Waals surface area contributed by atoms with Gasteiger partial charge in [0.05, 0.1) is 12.2 Å². The third-order valence-electron chi connectivity index (χ3n) is 3.49. The fourth-order valence-electron chi connectivity index (χ4n) is 2.37. The largest absolute Gasteiger partial charge is 0.477 e. The normalized spacial score (nSPS) is 10.6. The molecule has 0 unspecified atom stereocenters. The average Bonchev–Trinajstić information content (AvgIpc) is 2.49. The number of hydrogen-bond acceptors (Lipinski definition) is 4. The van der Waals surface area contributed by atoms with Gasteiger partial charge in [-0.25, -0.2) is 9.97 Å². The van der Waals surface area contributed by atoms with Crippen LogP contribution < -0.4 is 10.1 Å². The van der Waals surface area contributed by atoms with Crippen LogP contribution in [-0.2, 0) is 6.42 Å². The fourth-order valence-corrected chi connectivity index (χ4v) is 2.37. The average molecular weight is 293 g/mol. The lowest BCUT2D eigenvalue weighted by atomic mass is 10.1. The summed E-state index contributed by atoms with van der Waals surface area (Å²) in [6, 6.07) is 0. The van der Waals surface area contributed by atoms with E-state index in [0.717, 1.165) is 49.7 Å². The molecule has 4 nitrogen and oxygen atoms in total. The minimum Gasteiger partial charge on any atom is -0.477 e. The van der Waals surface area contributed by atoms with Crippen molar-refractivity contribution in [3.05, 3.63) is 11.9 Å². The first-order valence-corrected chi connectivity index (χ1v) is 8.53. The molecular formula is C17H31N3O. The van der Waals surface area contributed by atoms with Crippen LogP contribution in [0.5, 0.6) is 5.88 Å². The molecule has 0 aromatic carbocycles. The summed E-state index contributed by atoms with van der Waals surface area (Å²) >= 11 is 0. The van der Waals surface area contributed by atoms with Crippen molar-refractivity contribution < 1.29 is 4.74 Å². The summed E-state index contributed by atoms with van der Waals surface area (Å²) in [5.41, 5.74) is 1.12. The van der Waals surface area contributed by atoms with Gasteiger partial charge in [-0.2, -0.15) is 0 Å². The first-order chi connectivity index (χ1) is 10.3. The second kappa shape index (κ2) is 11.4. The monoisotopic (exact) mass is 293 g/mol. The van der Waals surface area contributed by atoms with Crippen LogP contribution in [0.2, 0.25) is 0 Å². The van der Waals surface area contributed by atoms with Gasteiger partial charge >= 0.3 is 0 Å². The number of anilines is 1. The Bertz CT molecular complexity index is 382. The Hall–Kier alpha value is -1.32. The molecule has 1 aromatic heterocycles. The number of hydrogen-bond donors (Lipinski definition) is 1. The standard InChI is InChI=1S/C17H31N3O/c1-4-7-8-9-10-11-13-21-17-15(12-5-2)16(18-6-3)19-14-20-17/h14H,4-13H2,1-3H3,(H,18,19,20). The van der Waals surface area contributed by atoms with Crippen LogP contribution >= 0.6 is 0 Å². The Labute approximate surface area is 129 Å². The SMILES string of the molecule is CCCCCCCCOc1ncnc(NCC)c1CCC. The Morgan fingerprint density at radius 1 is 0.952 bits per heavy atom. The van der Waals surface area contributed by atoms with Gasteiger partial charge in [-0.15, -0.1) is 0 Å². The fraction of sp³-hybridized carbons (Fsp3) is 0.765. The third kappa shape index (κ3) is 6.78. The van der Waals surface area contributed by atoms with E-state index in [1.165, 1.54) is 32.1 Å². The van der Waals surface area contributed by atoms with E-state index in [1.54, 1.807) is 6.33 Å². The first-order valence-electron chi connectivity index (χ1n) is 8.53. The minimum absolute atomic E-state index is 0.755. The lowest BCUT2D eigenvalue weighted by Crippen LogP contribution is -2.08. The van der Waals surface area contributed by atoms with Crippen molar-refractivity contribution in [3.8, 4) is 5.88 Å². The lowest BCUT2D eigenvalue weighted by molar-refractivity contribution is 0.289. The zero-order valence-electron chi connectivity index (χ0n) is 14.0. The Morgan fingerprint density at radius 3 is 2.43 bits per heavy atom. The topological polar surface area (TPSA) is 47.0 Å². The molecule has 0 fully saturated rings. The zero-order chi connectivity index (χ0) is 15.3. The van der Waals surface area contributed by atoms with E-state index in [4.69, 9.17) is 4.74 Å². The van der Waals surface area contributed by atoms with E-state index in [-0.39, 0.29) is 0 Å². The molecule has 0 amide bonds. The van der Waals surface area contributed by atoms with Crippen molar-refractivity contribution in [1.29, 1.82) is 0 Å². The highest BCUT2D eigenvalue weighted by Gasteiger charge is 2.11. The zero-order valence-corrected chi connectivity index (χ0v) is 14.0. The van der Waals surface area contributed by atoms with Crippen LogP contribution in [0.4, 0.5) is 5.82 Å². The number of aromatic nitrogens is 2. The Balaban J connectivity index is 2.44. The van der Waals surface area contributed by atoms with Crippen LogP contribution in [0.15, 0.2) is 6.33 Å². The van der Waals surface area contributed by atoms with Gasteiger partial charge in [0.15, 0.2) is 0 Å². The van der Waals surface area contributed by atoms with Crippen molar-refractivity contribution in [1.82, 2.24) is 9.97 Å². The minimum atomic E-state index is 0.755. The first kappa shape index (κ1) is 17.7. The molecule has 0 saturated heterocycles. The molecule has 21 heavy (non-hydrogen) atoms. The quantitative estimate of drug-likeness (QED) is 0.572. The van der Waals surface area contributed by atoms with Crippen LogP contribution in [0.25, 0.3) is 0 Å². The number of rotatable bonds is 12. The predicted octanol–water partition coefficient (Wildman–Crippen LogP) is 4.60. The van der Waals surface area contributed by atoms with Gasteiger partial charge in [-0.05, 0) is 19.8 Å². The number of unbranched alkanes of at least 4 members (excludes halogenated alkanes) is 5. The van der Waals surface area contributed by atoms with E-state index in [0.29, 0.717) is 0 Å². The van der Waals surface area contributed by atoms with E-state index >= 15 is 0 Å². The summed E-state index contributed by atoms with van der Waals surface area (Å²) in [5, 5.41) is 3.29.